The maximum Gasteiger partial charge on any atom is 0.274 e. The zero-order valence-electron chi connectivity index (χ0n) is 17.9. The molecule has 6 nitrogen and oxygen atoms in total. The molecule has 0 unspecified atom stereocenters. The highest BCUT2D eigenvalue weighted by Gasteiger charge is 2.20. The molecular formula is C25H20Cl2N4O2. The zero-order chi connectivity index (χ0) is 23.5. The Hall–Kier alpha value is -3.61. The molecule has 1 N–H and O–H groups in total. The van der Waals surface area contributed by atoms with Gasteiger partial charge in [-0.1, -0.05) is 53.5 Å². The van der Waals surface area contributed by atoms with Crippen LogP contribution in [0.3, 0.4) is 0 Å². The molecule has 0 saturated carbocycles. The predicted octanol–water partition coefficient (Wildman–Crippen LogP) is 5.80. The van der Waals surface area contributed by atoms with E-state index in [0.717, 1.165) is 11.3 Å². The summed E-state index contributed by atoms with van der Waals surface area (Å²) in [6, 6.07) is 23.0. The van der Waals surface area contributed by atoms with Crippen LogP contribution in [-0.2, 0) is 0 Å². The molecule has 0 aliphatic carbocycles. The van der Waals surface area contributed by atoms with E-state index >= 15 is 0 Å². The van der Waals surface area contributed by atoms with Crippen molar-refractivity contribution in [3.63, 3.8) is 0 Å². The molecule has 3 aromatic carbocycles. The van der Waals surface area contributed by atoms with Crippen LogP contribution in [0.4, 0.5) is 5.69 Å². The van der Waals surface area contributed by atoms with E-state index < -0.39 is 5.91 Å². The number of carbonyl (C=O) groups is 2. The lowest BCUT2D eigenvalue weighted by Crippen LogP contribution is -2.22. The van der Waals surface area contributed by atoms with E-state index in [-0.39, 0.29) is 5.91 Å². The molecule has 33 heavy (non-hydrogen) atoms. The Labute approximate surface area is 201 Å². The van der Waals surface area contributed by atoms with Gasteiger partial charge >= 0.3 is 0 Å². The number of aromatic nitrogens is 2. The van der Waals surface area contributed by atoms with Crippen LogP contribution in [0.15, 0.2) is 78.9 Å². The molecule has 4 rings (SSSR count). The van der Waals surface area contributed by atoms with Crippen LogP contribution in [-0.4, -0.2) is 40.6 Å². The van der Waals surface area contributed by atoms with Gasteiger partial charge in [-0.15, -0.1) is 0 Å². The number of anilines is 1. The lowest BCUT2D eigenvalue weighted by molar-refractivity contribution is 0.0827. The molecule has 4 aromatic rings. The van der Waals surface area contributed by atoms with E-state index in [4.69, 9.17) is 23.2 Å². The number of carbonyl (C=O) groups excluding carboxylic acids is 2. The molecule has 0 aliphatic rings. The number of para-hydroxylation sites is 1. The van der Waals surface area contributed by atoms with Crippen LogP contribution in [0.2, 0.25) is 10.0 Å². The van der Waals surface area contributed by atoms with Crippen molar-refractivity contribution in [1.82, 2.24) is 14.7 Å². The number of hydrogen-bond acceptors (Lipinski definition) is 3. The number of benzene rings is 3. The molecule has 8 heteroatoms. The summed E-state index contributed by atoms with van der Waals surface area (Å²) >= 11 is 12.3. The molecule has 0 saturated heterocycles. The minimum Gasteiger partial charge on any atom is -0.345 e. The first-order valence-electron chi connectivity index (χ1n) is 10.1. The van der Waals surface area contributed by atoms with Gasteiger partial charge in [0, 0.05) is 30.2 Å². The maximum absolute atomic E-state index is 13.3. The Balaban J connectivity index is 1.73. The van der Waals surface area contributed by atoms with Crippen molar-refractivity contribution >= 4 is 40.7 Å². The number of rotatable bonds is 5. The Morgan fingerprint density at radius 2 is 1.61 bits per heavy atom. The fraction of sp³-hybridized carbons (Fsp3) is 0.0800. The van der Waals surface area contributed by atoms with Crippen LogP contribution in [0.1, 0.15) is 20.8 Å². The van der Waals surface area contributed by atoms with Crippen molar-refractivity contribution in [1.29, 1.82) is 0 Å². The van der Waals surface area contributed by atoms with Crippen molar-refractivity contribution in [2.75, 3.05) is 19.4 Å². The molecule has 0 atom stereocenters. The molecule has 0 radical (unpaired) electrons. The van der Waals surface area contributed by atoms with Gasteiger partial charge in [0.15, 0.2) is 0 Å². The lowest BCUT2D eigenvalue weighted by Gasteiger charge is -2.13. The van der Waals surface area contributed by atoms with Gasteiger partial charge in [-0.25, -0.2) is 4.68 Å². The van der Waals surface area contributed by atoms with Gasteiger partial charge in [-0.05, 0) is 48.5 Å². The highest BCUT2D eigenvalue weighted by molar-refractivity contribution is 6.34. The van der Waals surface area contributed by atoms with Crippen LogP contribution < -0.4 is 5.32 Å². The average molecular weight is 479 g/mol. The fourth-order valence-corrected chi connectivity index (χ4v) is 3.56. The van der Waals surface area contributed by atoms with Crippen molar-refractivity contribution in [2.45, 2.75) is 0 Å². The summed E-state index contributed by atoms with van der Waals surface area (Å²) in [5.74, 6) is -0.607. The minimum atomic E-state index is -0.414. The average Bonchev–Trinajstić information content (AvgIpc) is 3.26. The molecule has 1 aromatic heterocycles. The minimum absolute atomic E-state index is 0.193. The van der Waals surface area contributed by atoms with E-state index in [2.05, 4.69) is 10.4 Å². The molecule has 0 aliphatic heterocycles. The topological polar surface area (TPSA) is 67.2 Å². The molecule has 0 fully saturated rings. The summed E-state index contributed by atoms with van der Waals surface area (Å²) in [4.78, 5) is 27.1. The second-order valence-electron chi connectivity index (χ2n) is 7.52. The first-order valence-corrected chi connectivity index (χ1v) is 10.8. The van der Waals surface area contributed by atoms with Gasteiger partial charge in [0.25, 0.3) is 11.8 Å². The smallest absolute Gasteiger partial charge is 0.274 e. The monoisotopic (exact) mass is 478 g/mol. The largest absolute Gasteiger partial charge is 0.345 e. The third-order valence-electron chi connectivity index (χ3n) is 4.95. The first-order chi connectivity index (χ1) is 15.8. The van der Waals surface area contributed by atoms with Gasteiger partial charge in [0.1, 0.15) is 5.69 Å². The molecular weight excluding hydrogens is 459 g/mol. The predicted molar refractivity (Wildman–Crippen MR) is 131 cm³/mol. The summed E-state index contributed by atoms with van der Waals surface area (Å²) in [6.45, 7) is 0. The van der Waals surface area contributed by atoms with Gasteiger partial charge < -0.3 is 10.2 Å². The maximum atomic E-state index is 13.3. The fourth-order valence-electron chi connectivity index (χ4n) is 3.27. The van der Waals surface area contributed by atoms with Gasteiger partial charge in [-0.3, -0.25) is 9.59 Å². The standard InChI is InChI=1S/C25H20Cl2N4O2/c1-30(2)25(33)17-10-13-20(27)22(14-17)28-24(32)23-15-21(16-8-11-18(26)12-9-16)29-31(23)19-6-4-3-5-7-19/h3-15H,1-2H3,(H,28,32). The normalized spacial score (nSPS) is 10.7. The summed E-state index contributed by atoms with van der Waals surface area (Å²) in [5.41, 5.74) is 3.22. The first kappa shape index (κ1) is 22.6. The van der Waals surface area contributed by atoms with E-state index in [1.165, 1.54) is 4.90 Å². The Kier molecular flexibility index (Phi) is 6.49. The third kappa shape index (κ3) is 4.92. The van der Waals surface area contributed by atoms with Gasteiger partial charge in [0.05, 0.1) is 22.1 Å². The highest BCUT2D eigenvalue weighted by atomic mass is 35.5. The van der Waals surface area contributed by atoms with Crippen LogP contribution in [0, 0.1) is 0 Å². The highest BCUT2D eigenvalue weighted by Crippen LogP contribution is 2.27. The molecule has 2 amide bonds. The van der Waals surface area contributed by atoms with E-state index in [1.807, 2.05) is 42.5 Å². The van der Waals surface area contributed by atoms with E-state index in [1.54, 1.807) is 55.2 Å². The summed E-state index contributed by atoms with van der Waals surface area (Å²) < 4.78 is 1.57. The van der Waals surface area contributed by atoms with Crippen molar-refractivity contribution in [3.05, 3.63) is 100 Å². The summed E-state index contributed by atoms with van der Waals surface area (Å²) in [5, 5.41) is 8.41. The molecule has 166 valence electrons. The second kappa shape index (κ2) is 9.48. The number of hydrogen-bond donors (Lipinski definition) is 1. The van der Waals surface area contributed by atoms with Crippen LogP contribution in [0.25, 0.3) is 16.9 Å². The number of halogens is 2. The van der Waals surface area contributed by atoms with E-state index in [0.29, 0.717) is 32.7 Å². The van der Waals surface area contributed by atoms with Gasteiger partial charge in [-0.2, -0.15) is 5.10 Å². The number of nitrogens with one attached hydrogen (secondary N) is 1. The summed E-state index contributed by atoms with van der Waals surface area (Å²) in [6.07, 6.45) is 0. The Morgan fingerprint density at radius 1 is 0.909 bits per heavy atom. The molecule has 0 spiro atoms. The van der Waals surface area contributed by atoms with Crippen molar-refractivity contribution in [3.8, 4) is 16.9 Å². The third-order valence-corrected chi connectivity index (χ3v) is 5.53. The Morgan fingerprint density at radius 3 is 2.27 bits per heavy atom. The van der Waals surface area contributed by atoms with Crippen molar-refractivity contribution < 1.29 is 9.59 Å². The quantitative estimate of drug-likeness (QED) is 0.394. The summed E-state index contributed by atoms with van der Waals surface area (Å²) in [7, 11) is 3.32. The number of amides is 2. The van der Waals surface area contributed by atoms with Crippen molar-refractivity contribution in [2.24, 2.45) is 0 Å². The van der Waals surface area contributed by atoms with Gasteiger partial charge in [0.2, 0.25) is 0 Å². The molecule has 0 bridgehead atoms. The SMILES string of the molecule is CN(C)C(=O)c1ccc(Cl)c(NC(=O)c2cc(-c3ccc(Cl)cc3)nn2-c2ccccc2)c1. The lowest BCUT2D eigenvalue weighted by atomic mass is 10.1. The van der Waals surface area contributed by atoms with Crippen LogP contribution >= 0.6 is 23.2 Å². The zero-order valence-corrected chi connectivity index (χ0v) is 19.4. The van der Waals surface area contributed by atoms with Crippen LogP contribution in [0.5, 0.6) is 0 Å². The van der Waals surface area contributed by atoms with E-state index in [9.17, 15) is 9.59 Å². The molecule has 1 heterocycles. The number of nitrogens with zero attached hydrogens (tertiary/aromatic N) is 3. The Bertz CT molecular complexity index is 1320. The second-order valence-corrected chi connectivity index (χ2v) is 8.36.